The molecule has 0 N–H and O–H groups in total. The third-order valence-corrected chi connectivity index (χ3v) is 3.47. The van der Waals surface area contributed by atoms with Gasteiger partial charge in [0.2, 0.25) is 0 Å². The molecule has 2 heteroatoms. The van der Waals surface area contributed by atoms with Crippen LogP contribution >= 0.6 is 0 Å². The Kier molecular flexibility index (Phi) is 3.82. The number of carbonyl (C=O) groups is 1. The van der Waals surface area contributed by atoms with E-state index in [1.54, 1.807) is 0 Å². The van der Waals surface area contributed by atoms with E-state index in [2.05, 4.69) is 24.8 Å². The number of ketones is 1. The normalized spacial score (nSPS) is 16.8. The maximum absolute atomic E-state index is 11.8. The highest BCUT2D eigenvalue weighted by molar-refractivity contribution is 6.03. The topological polar surface area (TPSA) is 20.3 Å². The Hall–Kier alpha value is -1.31. The first-order valence-electron chi connectivity index (χ1n) is 6.59. The van der Waals surface area contributed by atoms with Crippen molar-refractivity contribution in [3.63, 3.8) is 0 Å². The van der Waals surface area contributed by atoms with Crippen molar-refractivity contribution < 1.29 is 4.79 Å². The molecular weight excluding hydrogens is 210 g/mol. The van der Waals surface area contributed by atoms with Gasteiger partial charge in [-0.05, 0) is 24.5 Å². The zero-order chi connectivity index (χ0) is 12.3. The number of carbonyl (C=O) groups excluding carboxylic acids is 1. The van der Waals surface area contributed by atoms with Crippen molar-refractivity contribution >= 4 is 11.5 Å². The molecule has 1 unspecified atom stereocenters. The van der Waals surface area contributed by atoms with Crippen LogP contribution in [-0.2, 0) is 0 Å². The molecule has 0 fully saturated rings. The Labute approximate surface area is 104 Å². The van der Waals surface area contributed by atoms with E-state index in [4.69, 9.17) is 0 Å². The molecule has 2 nitrogen and oxygen atoms in total. The molecule has 1 aromatic rings. The second-order valence-electron chi connectivity index (χ2n) is 5.03. The van der Waals surface area contributed by atoms with Crippen molar-refractivity contribution in [2.45, 2.75) is 33.1 Å². The van der Waals surface area contributed by atoms with Gasteiger partial charge in [-0.1, -0.05) is 32.4 Å². The van der Waals surface area contributed by atoms with Gasteiger partial charge in [-0.2, -0.15) is 0 Å². The summed E-state index contributed by atoms with van der Waals surface area (Å²) in [5.74, 6) is 0.987. The lowest BCUT2D eigenvalue weighted by atomic mass is 9.98. The maximum atomic E-state index is 11.8. The molecule has 17 heavy (non-hydrogen) atoms. The number of para-hydroxylation sites is 1. The summed E-state index contributed by atoms with van der Waals surface area (Å²) in [5, 5.41) is 0. The Balaban J connectivity index is 2.16. The minimum absolute atomic E-state index is 0.292. The summed E-state index contributed by atoms with van der Waals surface area (Å²) < 4.78 is 0. The third kappa shape index (κ3) is 2.68. The monoisotopic (exact) mass is 231 g/mol. The molecule has 0 saturated heterocycles. The second-order valence-corrected chi connectivity index (χ2v) is 5.03. The average molecular weight is 231 g/mol. The van der Waals surface area contributed by atoms with Gasteiger partial charge in [0.1, 0.15) is 0 Å². The molecule has 0 aromatic heterocycles. The highest BCUT2D eigenvalue weighted by Crippen LogP contribution is 2.27. The van der Waals surface area contributed by atoms with E-state index in [9.17, 15) is 4.79 Å². The molecular formula is C15H21NO. The molecule has 1 aliphatic rings. The lowest BCUT2D eigenvalue weighted by Gasteiger charge is -2.32. The number of nitrogens with zero attached hydrogens (tertiary/aromatic N) is 1. The molecule has 0 amide bonds. The second kappa shape index (κ2) is 5.35. The zero-order valence-corrected chi connectivity index (χ0v) is 10.8. The van der Waals surface area contributed by atoms with E-state index in [-0.39, 0.29) is 0 Å². The van der Waals surface area contributed by atoms with E-state index < -0.39 is 0 Å². The minimum atomic E-state index is 0.292. The lowest BCUT2D eigenvalue weighted by molar-refractivity contribution is 0.0979. The van der Waals surface area contributed by atoms with Crippen molar-refractivity contribution in [2.24, 2.45) is 5.92 Å². The number of Topliss-reactive ketones (excluding diaryl/α,β-unsaturated/α-hetero) is 1. The molecule has 92 valence electrons. The highest BCUT2D eigenvalue weighted by Gasteiger charge is 2.23. The van der Waals surface area contributed by atoms with Crippen LogP contribution in [-0.4, -0.2) is 18.9 Å². The summed E-state index contributed by atoms with van der Waals surface area (Å²) in [5.41, 5.74) is 2.04. The van der Waals surface area contributed by atoms with Gasteiger partial charge >= 0.3 is 0 Å². The molecule has 2 rings (SSSR count). The van der Waals surface area contributed by atoms with Crippen LogP contribution in [0.15, 0.2) is 24.3 Å². The summed E-state index contributed by atoms with van der Waals surface area (Å²) in [6, 6.07) is 8.00. The van der Waals surface area contributed by atoms with E-state index in [1.807, 2.05) is 18.2 Å². The Morgan fingerprint density at radius 3 is 2.88 bits per heavy atom. The Morgan fingerprint density at radius 2 is 2.12 bits per heavy atom. The summed E-state index contributed by atoms with van der Waals surface area (Å²) in [6.45, 7) is 6.47. The third-order valence-electron chi connectivity index (χ3n) is 3.47. The van der Waals surface area contributed by atoms with Gasteiger partial charge in [0.25, 0.3) is 0 Å². The van der Waals surface area contributed by atoms with Crippen LogP contribution in [0.5, 0.6) is 0 Å². The lowest BCUT2D eigenvalue weighted by Crippen LogP contribution is -2.35. The smallest absolute Gasteiger partial charge is 0.166 e. The number of rotatable bonds is 4. The van der Waals surface area contributed by atoms with Crippen LogP contribution in [0.4, 0.5) is 5.69 Å². The van der Waals surface area contributed by atoms with E-state index in [0.29, 0.717) is 18.1 Å². The average Bonchev–Trinajstić information content (AvgIpc) is 2.34. The molecule has 0 saturated carbocycles. The summed E-state index contributed by atoms with van der Waals surface area (Å²) in [4.78, 5) is 14.2. The number of hydrogen-bond donors (Lipinski definition) is 0. The first kappa shape index (κ1) is 12.2. The molecule has 1 heterocycles. The molecule has 0 bridgehead atoms. The Bertz CT molecular complexity index is 400. The van der Waals surface area contributed by atoms with Gasteiger partial charge < -0.3 is 4.90 Å². The van der Waals surface area contributed by atoms with Gasteiger partial charge in [-0.25, -0.2) is 0 Å². The molecule has 1 aromatic carbocycles. The molecule has 1 atom stereocenters. The van der Waals surface area contributed by atoms with E-state index >= 15 is 0 Å². The van der Waals surface area contributed by atoms with Crippen LogP contribution in [0.3, 0.4) is 0 Å². The fourth-order valence-corrected chi connectivity index (χ4v) is 2.63. The molecule has 1 aliphatic heterocycles. The van der Waals surface area contributed by atoms with Gasteiger partial charge in [-0.15, -0.1) is 0 Å². The first-order valence-corrected chi connectivity index (χ1v) is 6.59. The zero-order valence-electron chi connectivity index (χ0n) is 10.8. The van der Waals surface area contributed by atoms with Crippen LogP contribution in [0.25, 0.3) is 0 Å². The fraction of sp³-hybridized carbons (Fsp3) is 0.533. The van der Waals surface area contributed by atoms with Crippen molar-refractivity contribution in [3.8, 4) is 0 Å². The molecule has 0 radical (unpaired) electrons. The predicted molar refractivity (Wildman–Crippen MR) is 71.7 cm³/mol. The van der Waals surface area contributed by atoms with Crippen molar-refractivity contribution in [3.05, 3.63) is 29.8 Å². The molecule has 0 spiro atoms. The number of anilines is 1. The largest absolute Gasteiger partial charge is 0.370 e. The van der Waals surface area contributed by atoms with E-state index in [1.165, 1.54) is 12.8 Å². The number of hydrogen-bond acceptors (Lipinski definition) is 2. The van der Waals surface area contributed by atoms with Gasteiger partial charge in [0.05, 0.1) is 0 Å². The van der Waals surface area contributed by atoms with Crippen LogP contribution < -0.4 is 4.90 Å². The van der Waals surface area contributed by atoms with Crippen molar-refractivity contribution in [2.75, 3.05) is 18.0 Å². The number of benzene rings is 1. The minimum Gasteiger partial charge on any atom is -0.370 e. The predicted octanol–water partition coefficient (Wildman–Crippen LogP) is 3.52. The molecule has 0 aliphatic carbocycles. The quantitative estimate of drug-likeness (QED) is 0.790. The first-order chi connectivity index (χ1) is 8.22. The van der Waals surface area contributed by atoms with Crippen LogP contribution in [0.1, 0.15) is 43.5 Å². The summed E-state index contributed by atoms with van der Waals surface area (Å²) in [6.07, 6.45) is 3.15. The van der Waals surface area contributed by atoms with Gasteiger partial charge in [0, 0.05) is 30.8 Å². The fourth-order valence-electron chi connectivity index (χ4n) is 2.63. The SMILES string of the molecule is CCCC(C)CN1CCC(=O)c2ccccc21. The van der Waals surface area contributed by atoms with Crippen molar-refractivity contribution in [1.82, 2.24) is 0 Å². The van der Waals surface area contributed by atoms with E-state index in [0.717, 1.165) is 24.3 Å². The van der Waals surface area contributed by atoms with Gasteiger partial charge in [0.15, 0.2) is 5.78 Å². The maximum Gasteiger partial charge on any atom is 0.166 e. The van der Waals surface area contributed by atoms with Crippen LogP contribution in [0.2, 0.25) is 0 Å². The number of fused-ring (bicyclic) bond motifs is 1. The van der Waals surface area contributed by atoms with Crippen LogP contribution in [0, 0.1) is 5.92 Å². The Morgan fingerprint density at radius 1 is 1.35 bits per heavy atom. The standard InChI is InChI=1S/C15H21NO/c1-3-6-12(2)11-16-10-9-15(17)13-7-4-5-8-14(13)16/h4-5,7-8,12H,3,6,9-11H2,1-2H3. The summed E-state index contributed by atoms with van der Waals surface area (Å²) in [7, 11) is 0. The highest BCUT2D eigenvalue weighted by atomic mass is 16.1. The van der Waals surface area contributed by atoms with Crippen molar-refractivity contribution in [1.29, 1.82) is 0 Å². The summed E-state index contributed by atoms with van der Waals surface area (Å²) >= 11 is 0. The van der Waals surface area contributed by atoms with Gasteiger partial charge in [-0.3, -0.25) is 4.79 Å².